The number of amides is 2. The van der Waals surface area contributed by atoms with Crippen molar-refractivity contribution in [2.24, 2.45) is 5.92 Å². The van der Waals surface area contributed by atoms with Gasteiger partial charge in [-0.15, -0.1) is 11.3 Å². The van der Waals surface area contributed by atoms with E-state index in [1.165, 1.54) is 30.4 Å². The molecule has 0 unspecified atom stereocenters. The molecular weight excluding hydrogens is 364 g/mol. The van der Waals surface area contributed by atoms with Gasteiger partial charge in [-0.05, 0) is 42.9 Å². The number of hydrogen-bond donors (Lipinski definition) is 2. The second kappa shape index (κ2) is 8.00. The van der Waals surface area contributed by atoms with Crippen molar-refractivity contribution >= 4 is 28.2 Å². The van der Waals surface area contributed by atoms with Crippen LogP contribution in [0.4, 0.5) is 5.00 Å². The van der Waals surface area contributed by atoms with Crippen molar-refractivity contribution in [3.05, 3.63) is 39.8 Å². The lowest BCUT2D eigenvalue weighted by atomic mass is 9.88. The SMILES string of the molecule is CNC(=O)c1c(NC(=O)c2c(OC)cccc2OC)sc2c1CC[C@H](C)C2. The second-order valence-electron chi connectivity index (χ2n) is 6.63. The van der Waals surface area contributed by atoms with Gasteiger partial charge in [-0.1, -0.05) is 13.0 Å². The maximum atomic E-state index is 13.0. The van der Waals surface area contributed by atoms with Crippen molar-refractivity contribution in [1.29, 1.82) is 0 Å². The Hall–Kier alpha value is -2.54. The van der Waals surface area contributed by atoms with Crippen molar-refractivity contribution in [3.63, 3.8) is 0 Å². The molecule has 7 heteroatoms. The molecule has 2 aromatic rings. The molecule has 1 aliphatic rings. The Kier molecular flexibility index (Phi) is 5.70. The number of hydrogen-bond acceptors (Lipinski definition) is 5. The maximum absolute atomic E-state index is 13.0. The van der Waals surface area contributed by atoms with Crippen molar-refractivity contribution in [1.82, 2.24) is 5.32 Å². The summed E-state index contributed by atoms with van der Waals surface area (Å²) in [6, 6.07) is 5.17. The summed E-state index contributed by atoms with van der Waals surface area (Å²) >= 11 is 1.48. The van der Waals surface area contributed by atoms with Crippen LogP contribution in [0.2, 0.25) is 0 Å². The Bertz CT molecular complexity index is 853. The van der Waals surface area contributed by atoms with E-state index in [2.05, 4.69) is 17.6 Å². The molecule has 0 spiro atoms. The number of methoxy groups -OCH3 is 2. The molecule has 1 atom stereocenters. The number of fused-ring (bicyclic) bond motifs is 1. The lowest BCUT2D eigenvalue weighted by molar-refractivity contribution is 0.0963. The lowest BCUT2D eigenvalue weighted by Gasteiger charge is -2.18. The molecule has 144 valence electrons. The molecule has 1 heterocycles. The van der Waals surface area contributed by atoms with E-state index in [0.29, 0.717) is 33.5 Å². The highest BCUT2D eigenvalue weighted by Gasteiger charge is 2.29. The Morgan fingerprint density at radius 1 is 1.11 bits per heavy atom. The van der Waals surface area contributed by atoms with E-state index in [9.17, 15) is 9.59 Å². The van der Waals surface area contributed by atoms with Gasteiger partial charge in [0.25, 0.3) is 11.8 Å². The predicted molar refractivity (Wildman–Crippen MR) is 106 cm³/mol. The van der Waals surface area contributed by atoms with E-state index in [-0.39, 0.29) is 11.8 Å². The maximum Gasteiger partial charge on any atom is 0.263 e. The quantitative estimate of drug-likeness (QED) is 0.822. The summed E-state index contributed by atoms with van der Waals surface area (Å²) < 4.78 is 10.6. The fourth-order valence-corrected chi connectivity index (χ4v) is 4.85. The number of anilines is 1. The predicted octanol–water partition coefficient (Wildman–Crippen LogP) is 3.50. The van der Waals surface area contributed by atoms with Crippen LogP contribution < -0.4 is 20.1 Å². The first-order chi connectivity index (χ1) is 13.0. The molecule has 0 bridgehead atoms. The van der Waals surface area contributed by atoms with Gasteiger partial charge in [0.2, 0.25) is 0 Å². The molecule has 0 saturated carbocycles. The topological polar surface area (TPSA) is 76.7 Å². The molecule has 1 aromatic heterocycles. The minimum atomic E-state index is -0.360. The van der Waals surface area contributed by atoms with E-state index >= 15 is 0 Å². The van der Waals surface area contributed by atoms with Gasteiger partial charge in [0.1, 0.15) is 22.1 Å². The van der Waals surface area contributed by atoms with E-state index in [1.54, 1.807) is 25.2 Å². The van der Waals surface area contributed by atoms with Crippen LogP contribution in [-0.4, -0.2) is 33.1 Å². The molecular formula is C20H24N2O4S. The van der Waals surface area contributed by atoms with E-state index < -0.39 is 0 Å². The zero-order valence-corrected chi connectivity index (χ0v) is 16.8. The van der Waals surface area contributed by atoms with Crippen molar-refractivity contribution in [2.75, 3.05) is 26.6 Å². The van der Waals surface area contributed by atoms with Gasteiger partial charge in [0, 0.05) is 11.9 Å². The van der Waals surface area contributed by atoms with Crippen LogP contribution in [0.1, 0.15) is 44.5 Å². The van der Waals surface area contributed by atoms with Crippen LogP contribution in [0, 0.1) is 5.92 Å². The van der Waals surface area contributed by atoms with Crippen LogP contribution in [0.15, 0.2) is 18.2 Å². The highest BCUT2D eigenvalue weighted by molar-refractivity contribution is 7.17. The Labute approximate surface area is 162 Å². The first kappa shape index (κ1) is 19.2. The van der Waals surface area contributed by atoms with Gasteiger partial charge >= 0.3 is 0 Å². The molecule has 1 aliphatic carbocycles. The average molecular weight is 388 g/mol. The highest BCUT2D eigenvalue weighted by atomic mass is 32.1. The van der Waals surface area contributed by atoms with Crippen LogP contribution in [0.25, 0.3) is 0 Å². The first-order valence-corrected chi connectivity index (χ1v) is 9.70. The van der Waals surface area contributed by atoms with Gasteiger partial charge in [-0.2, -0.15) is 0 Å². The third-order valence-corrected chi connectivity index (χ3v) is 6.02. The van der Waals surface area contributed by atoms with Crippen LogP contribution in [0.3, 0.4) is 0 Å². The zero-order chi connectivity index (χ0) is 19.6. The molecule has 0 aliphatic heterocycles. The highest BCUT2D eigenvalue weighted by Crippen LogP contribution is 2.40. The van der Waals surface area contributed by atoms with Gasteiger partial charge in [0.15, 0.2) is 0 Å². The third-order valence-electron chi connectivity index (χ3n) is 4.85. The summed E-state index contributed by atoms with van der Waals surface area (Å²) in [5.74, 6) is 0.878. The van der Waals surface area contributed by atoms with Crippen LogP contribution >= 0.6 is 11.3 Å². The molecule has 2 amide bonds. The summed E-state index contributed by atoms with van der Waals surface area (Å²) in [5.41, 5.74) is 1.94. The fourth-order valence-electron chi connectivity index (χ4n) is 3.44. The van der Waals surface area contributed by atoms with Gasteiger partial charge in [-0.3, -0.25) is 9.59 Å². The summed E-state index contributed by atoms with van der Waals surface area (Å²) in [4.78, 5) is 26.7. The molecule has 27 heavy (non-hydrogen) atoms. The minimum Gasteiger partial charge on any atom is -0.496 e. The standard InChI is InChI=1S/C20H24N2O4S/c1-11-8-9-12-15(10-11)27-20(16(12)18(23)21-2)22-19(24)17-13(25-3)6-5-7-14(17)26-4/h5-7,11H,8-10H2,1-4H3,(H,21,23)(H,22,24)/t11-/m0/s1. The number of benzene rings is 1. The minimum absolute atomic E-state index is 0.177. The number of thiophene rings is 1. The van der Waals surface area contributed by atoms with Crippen LogP contribution in [-0.2, 0) is 12.8 Å². The van der Waals surface area contributed by atoms with Gasteiger partial charge in [-0.25, -0.2) is 0 Å². The van der Waals surface area contributed by atoms with Crippen molar-refractivity contribution in [3.8, 4) is 11.5 Å². The number of carbonyl (C=O) groups excluding carboxylic acids is 2. The lowest BCUT2D eigenvalue weighted by Crippen LogP contribution is -2.23. The average Bonchev–Trinajstić information content (AvgIpc) is 3.03. The third kappa shape index (κ3) is 3.64. The smallest absolute Gasteiger partial charge is 0.263 e. The zero-order valence-electron chi connectivity index (χ0n) is 16.0. The summed E-state index contributed by atoms with van der Waals surface area (Å²) in [5, 5.41) is 6.19. The van der Waals surface area contributed by atoms with Crippen molar-refractivity contribution < 1.29 is 19.1 Å². The van der Waals surface area contributed by atoms with Gasteiger partial charge < -0.3 is 20.1 Å². The van der Waals surface area contributed by atoms with E-state index in [1.807, 2.05) is 0 Å². The second-order valence-corrected chi connectivity index (χ2v) is 7.73. The largest absolute Gasteiger partial charge is 0.496 e. The number of rotatable bonds is 5. The summed E-state index contributed by atoms with van der Waals surface area (Å²) in [7, 11) is 4.62. The monoisotopic (exact) mass is 388 g/mol. The number of carbonyl (C=O) groups is 2. The summed E-state index contributed by atoms with van der Waals surface area (Å²) in [6.45, 7) is 2.21. The Balaban J connectivity index is 2.01. The molecule has 3 rings (SSSR count). The van der Waals surface area contributed by atoms with Crippen molar-refractivity contribution in [2.45, 2.75) is 26.2 Å². The fraction of sp³-hybridized carbons (Fsp3) is 0.400. The molecule has 1 aromatic carbocycles. The molecule has 0 radical (unpaired) electrons. The molecule has 2 N–H and O–H groups in total. The van der Waals surface area contributed by atoms with E-state index in [0.717, 1.165) is 24.8 Å². The molecule has 0 saturated heterocycles. The first-order valence-electron chi connectivity index (χ1n) is 8.89. The molecule has 6 nitrogen and oxygen atoms in total. The van der Waals surface area contributed by atoms with E-state index in [4.69, 9.17) is 9.47 Å². The van der Waals surface area contributed by atoms with Crippen LogP contribution in [0.5, 0.6) is 11.5 Å². The Morgan fingerprint density at radius 2 is 1.78 bits per heavy atom. The molecule has 0 fully saturated rings. The Morgan fingerprint density at radius 3 is 2.37 bits per heavy atom. The number of ether oxygens (including phenoxy) is 2. The van der Waals surface area contributed by atoms with Gasteiger partial charge in [0.05, 0.1) is 19.8 Å². The number of nitrogens with one attached hydrogen (secondary N) is 2. The normalized spacial score (nSPS) is 15.6. The summed E-state index contributed by atoms with van der Waals surface area (Å²) in [6.07, 6.45) is 2.82.